The molecule has 1 aromatic rings. The average molecular weight is 331 g/mol. The van der Waals surface area contributed by atoms with Crippen molar-refractivity contribution in [2.45, 2.75) is 39.2 Å². The number of carbonyl (C=O) groups excluding carboxylic acids is 2. The van der Waals surface area contributed by atoms with Crippen molar-refractivity contribution in [1.82, 2.24) is 15.1 Å². The van der Waals surface area contributed by atoms with E-state index in [0.717, 1.165) is 38.9 Å². The third-order valence-electron chi connectivity index (χ3n) is 4.71. The summed E-state index contributed by atoms with van der Waals surface area (Å²) in [5.41, 5.74) is 0.653. The molecular weight excluding hydrogens is 302 g/mol. The monoisotopic (exact) mass is 331 g/mol. The van der Waals surface area contributed by atoms with E-state index in [4.69, 9.17) is 0 Å². The molecule has 0 saturated carbocycles. The number of nitrogens with one attached hydrogen (secondary N) is 1. The molecule has 1 atom stereocenters. The van der Waals surface area contributed by atoms with Gasteiger partial charge in [0.1, 0.15) is 6.04 Å². The van der Waals surface area contributed by atoms with Gasteiger partial charge in [-0.2, -0.15) is 0 Å². The molecule has 5 nitrogen and oxygen atoms in total. The van der Waals surface area contributed by atoms with Crippen LogP contribution in [0.15, 0.2) is 30.3 Å². The number of piperidine rings is 1. The first-order valence-corrected chi connectivity index (χ1v) is 9.03. The van der Waals surface area contributed by atoms with Crippen LogP contribution in [0, 0.1) is 0 Å². The van der Waals surface area contributed by atoms with Crippen molar-refractivity contribution in [2.75, 3.05) is 32.7 Å². The van der Waals surface area contributed by atoms with Crippen molar-refractivity contribution in [2.24, 2.45) is 0 Å². The van der Waals surface area contributed by atoms with Crippen LogP contribution in [0.3, 0.4) is 0 Å². The third-order valence-corrected chi connectivity index (χ3v) is 4.71. The van der Waals surface area contributed by atoms with Gasteiger partial charge in [-0.15, -0.1) is 0 Å². The zero-order valence-corrected chi connectivity index (χ0v) is 14.8. The molecule has 1 aliphatic heterocycles. The fraction of sp³-hybridized carbons (Fsp3) is 0.579. The molecule has 1 N–H and O–H groups in total. The highest BCUT2D eigenvalue weighted by atomic mass is 16.2. The Kier molecular flexibility index (Phi) is 7.25. The highest BCUT2D eigenvalue weighted by molar-refractivity contribution is 5.97. The molecule has 5 heteroatoms. The maximum absolute atomic E-state index is 12.7. The number of rotatable bonds is 7. The highest BCUT2D eigenvalue weighted by Crippen LogP contribution is 2.20. The quantitative estimate of drug-likeness (QED) is 0.833. The summed E-state index contributed by atoms with van der Waals surface area (Å²) in [6.45, 7) is 8.33. The Bertz CT molecular complexity index is 529. The van der Waals surface area contributed by atoms with Gasteiger partial charge in [-0.1, -0.05) is 32.0 Å². The van der Waals surface area contributed by atoms with E-state index in [1.165, 1.54) is 0 Å². The SMILES string of the molecule is CCN(CC)CCNC(=O)[C@H]1CCCCN1C(=O)c1ccccc1. The molecule has 1 aromatic carbocycles. The van der Waals surface area contributed by atoms with Crippen molar-refractivity contribution in [3.63, 3.8) is 0 Å². The van der Waals surface area contributed by atoms with Crippen molar-refractivity contribution in [1.29, 1.82) is 0 Å². The van der Waals surface area contributed by atoms with Crippen LogP contribution in [-0.2, 0) is 4.79 Å². The second-order valence-electron chi connectivity index (χ2n) is 6.19. The van der Waals surface area contributed by atoms with Crippen LogP contribution >= 0.6 is 0 Å². The Hall–Kier alpha value is -1.88. The second-order valence-corrected chi connectivity index (χ2v) is 6.19. The van der Waals surface area contributed by atoms with E-state index in [1.54, 1.807) is 4.90 Å². The molecular formula is C19H29N3O2. The van der Waals surface area contributed by atoms with Crippen molar-refractivity contribution in [3.8, 4) is 0 Å². The minimum atomic E-state index is -0.344. The Morgan fingerprint density at radius 2 is 1.88 bits per heavy atom. The predicted octanol–water partition coefficient (Wildman–Crippen LogP) is 2.14. The fourth-order valence-corrected chi connectivity index (χ4v) is 3.19. The lowest BCUT2D eigenvalue weighted by Crippen LogP contribution is -2.52. The van der Waals surface area contributed by atoms with Gasteiger partial charge in [-0.05, 0) is 44.5 Å². The molecule has 1 fully saturated rings. The fourth-order valence-electron chi connectivity index (χ4n) is 3.19. The molecule has 24 heavy (non-hydrogen) atoms. The van der Waals surface area contributed by atoms with Crippen molar-refractivity contribution >= 4 is 11.8 Å². The zero-order chi connectivity index (χ0) is 17.4. The van der Waals surface area contributed by atoms with Crippen molar-refractivity contribution < 1.29 is 9.59 Å². The van der Waals surface area contributed by atoms with Gasteiger partial charge >= 0.3 is 0 Å². The Morgan fingerprint density at radius 1 is 1.17 bits per heavy atom. The maximum Gasteiger partial charge on any atom is 0.254 e. The van der Waals surface area contributed by atoms with Crippen LogP contribution in [0.2, 0.25) is 0 Å². The van der Waals surface area contributed by atoms with Crippen LogP contribution in [0.1, 0.15) is 43.5 Å². The minimum Gasteiger partial charge on any atom is -0.353 e. The second kappa shape index (κ2) is 9.42. The summed E-state index contributed by atoms with van der Waals surface area (Å²) in [6.07, 6.45) is 2.70. The first-order valence-electron chi connectivity index (χ1n) is 9.03. The highest BCUT2D eigenvalue weighted by Gasteiger charge is 2.32. The number of amides is 2. The van der Waals surface area contributed by atoms with E-state index in [2.05, 4.69) is 24.1 Å². The van der Waals surface area contributed by atoms with Gasteiger partial charge < -0.3 is 15.1 Å². The molecule has 0 spiro atoms. The number of hydrogen-bond acceptors (Lipinski definition) is 3. The van der Waals surface area contributed by atoms with Gasteiger partial charge in [0.15, 0.2) is 0 Å². The minimum absolute atomic E-state index is 0.0221. The number of likely N-dealkylation sites (tertiary alicyclic amines) is 1. The standard InChI is InChI=1S/C19H29N3O2/c1-3-21(4-2)15-13-20-18(23)17-12-8-9-14-22(17)19(24)16-10-6-5-7-11-16/h5-7,10-11,17H,3-4,8-9,12-15H2,1-2H3,(H,20,23)/t17-/m1/s1. The van der Waals surface area contributed by atoms with Gasteiger partial charge in [0.05, 0.1) is 0 Å². The molecule has 2 rings (SSSR count). The molecule has 1 aliphatic rings. The largest absolute Gasteiger partial charge is 0.353 e. The van der Waals surface area contributed by atoms with E-state index in [1.807, 2.05) is 30.3 Å². The molecule has 1 saturated heterocycles. The molecule has 1 heterocycles. The smallest absolute Gasteiger partial charge is 0.254 e. The lowest BCUT2D eigenvalue weighted by molar-refractivity contribution is -0.126. The van der Waals surface area contributed by atoms with Crippen LogP contribution in [0.25, 0.3) is 0 Å². The predicted molar refractivity (Wildman–Crippen MR) is 95.9 cm³/mol. The molecule has 0 unspecified atom stereocenters. The molecule has 0 aromatic heterocycles. The maximum atomic E-state index is 12.7. The lowest BCUT2D eigenvalue weighted by atomic mass is 10.00. The van der Waals surface area contributed by atoms with Gasteiger partial charge in [0.25, 0.3) is 5.91 Å². The summed E-state index contributed by atoms with van der Waals surface area (Å²) >= 11 is 0. The van der Waals surface area contributed by atoms with Crippen molar-refractivity contribution in [3.05, 3.63) is 35.9 Å². The number of benzene rings is 1. The Labute approximate surface area is 145 Å². The van der Waals surface area contributed by atoms with Crippen LogP contribution in [0.4, 0.5) is 0 Å². The molecule has 0 aliphatic carbocycles. The number of likely N-dealkylation sites (N-methyl/N-ethyl adjacent to an activating group) is 1. The summed E-state index contributed by atoms with van der Waals surface area (Å²) in [5.74, 6) is -0.0645. The Morgan fingerprint density at radius 3 is 2.54 bits per heavy atom. The van der Waals surface area contributed by atoms with Gasteiger partial charge in [-0.25, -0.2) is 0 Å². The summed E-state index contributed by atoms with van der Waals surface area (Å²) in [5, 5.41) is 3.01. The van der Waals surface area contributed by atoms with E-state index in [0.29, 0.717) is 18.7 Å². The number of hydrogen-bond donors (Lipinski definition) is 1. The summed E-state index contributed by atoms with van der Waals surface area (Å²) in [6, 6.07) is 8.89. The molecule has 0 radical (unpaired) electrons. The van der Waals surface area contributed by atoms with Gasteiger partial charge in [0.2, 0.25) is 5.91 Å². The summed E-state index contributed by atoms with van der Waals surface area (Å²) < 4.78 is 0. The average Bonchev–Trinajstić information content (AvgIpc) is 2.65. The molecule has 0 bridgehead atoms. The van der Waals surface area contributed by atoms with E-state index in [9.17, 15) is 9.59 Å². The van der Waals surface area contributed by atoms with E-state index < -0.39 is 0 Å². The number of nitrogens with zero attached hydrogens (tertiary/aromatic N) is 2. The van der Waals surface area contributed by atoms with Gasteiger partial charge in [0, 0.05) is 25.2 Å². The summed E-state index contributed by atoms with van der Waals surface area (Å²) in [7, 11) is 0. The van der Waals surface area contributed by atoms with E-state index in [-0.39, 0.29) is 17.9 Å². The first kappa shape index (κ1) is 18.5. The van der Waals surface area contributed by atoms with E-state index >= 15 is 0 Å². The Balaban J connectivity index is 1.95. The topological polar surface area (TPSA) is 52.7 Å². The molecule has 132 valence electrons. The third kappa shape index (κ3) is 4.81. The zero-order valence-electron chi connectivity index (χ0n) is 14.8. The first-order chi connectivity index (χ1) is 11.7. The van der Waals surface area contributed by atoms with Crippen LogP contribution in [-0.4, -0.2) is 60.4 Å². The number of carbonyl (C=O) groups is 2. The van der Waals surface area contributed by atoms with Crippen LogP contribution in [0.5, 0.6) is 0 Å². The van der Waals surface area contributed by atoms with Crippen LogP contribution < -0.4 is 5.32 Å². The lowest BCUT2D eigenvalue weighted by Gasteiger charge is -2.35. The van der Waals surface area contributed by atoms with Gasteiger partial charge in [-0.3, -0.25) is 9.59 Å². The summed E-state index contributed by atoms with van der Waals surface area (Å²) in [4.78, 5) is 29.3. The molecule has 2 amide bonds. The normalized spacial score (nSPS) is 17.8.